The molecule has 1 rings (SSSR count). The number of aromatic nitrogens is 1. The predicted molar refractivity (Wildman–Crippen MR) is 32.0 cm³/mol. The molecule has 0 aliphatic heterocycles. The van der Waals surface area contributed by atoms with Crippen molar-refractivity contribution in [2.75, 3.05) is 5.88 Å². The molecule has 0 saturated heterocycles. The Morgan fingerprint density at radius 1 is 1.89 bits per heavy atom. The van der Waals surface area contributed by atoms with Gasteiger partial charge in [0.05, 0.1) is 12.1 Å². The predicted octanol–water partition coefficient (Wildman–Crippen LogP) is -0.302. The van der Waals surface area contributed by atoms with E-state index in [0.717, 1.165) is 0 Å². The maximum Gasteiger partial charge on any atom is 0.224 e. The van der Waals surface area contributed by atoms with Gasteiger partial charge in [-0.1, -0.05) is 5.16 Å². The van der Waals surface area contributed by atoms with Crippen molar-refractivity contribution in [2.45, 2.75) is 5.09 Å². The largest absolute Gasteiger partial charge is 0.347 e. The molecular formula is C4H6N2O2S. The highest BCUT2D eigenvalue weighted by Crippen LogP contribution is 2.01. The first-order valence-corrected chi connectivity index (χ1v) is 3.65. The summed E-state index contributed by atoms with van der Waals surface area (Å²) >= 11 is 0. The van der Waals surface area contributed by atoms with Crippen molar-refractivity contribution in [1.82, 2.24) is 5.16 Å². The molecule has 4 nitrogen and oxygen atoms in total. The molecule has 0 aromatic carbocycles. The van der Waals surface area contributed by atoms with Crippen LogP contribution < -0.4 is 5.73 Å². The molecule has 2 N–H and O–H groups in total. The van der Waals surface area contributed by atoms with E-state index in [1.54, 1.807) is 0 Å². The number of hydrogen-bond donors (Lipinski definition) is 1. The first kappa shape index (κ1) is 6.44. The molecule has 0 aliphatic rings. The van der Waals surface area contributed by atoms with Gasteiger partial charge in [-0.05, 0) is 0 Å². The molecule has 1 aromatic heterocycles. The van der Waals surface area contributed by atoms with Gasteiger partial charge in [0.15, 0.2) is 0 Å². The van der Waals surface area contributed by atoms with Gasteiger partial charge in [0.1, 0.15) is 10.8 Å². The summed E-state index contributed by atoms with van der Waals surface area (Å²) in [5, 5.41) is 3.70. The average Bonchev–Trinajstić information content (AvgIpc) is 2.37. The lowest BCUT2D eigenvalue weighted by molar-refractivity contribution is 0.345. The maximum absolute atomic E-state index is 10.7. The lowest BCUT2D eigenvalue weighted by atomic mass is 10.8. The Labute approximate surface area is 54.5 Å². The van der Waals surface area contributed by atoms with Gasteiger partial charge in [-0.25, -0.2) is 4.21 Å². The average molecular weight is 146 g/mol. The van der Waals surface area contributed by atoms with Crippen molar-refractivity contribution >= 4 is 10.8 Å². The fraction of sp³-hybridized carbons (Fsp3) is 0.250. The van der Waals surface area contributed by atoms with E-state index in [-0.39, 0.29) is 5.88 Å². The summed E-state index contributed by atoms with van der Waals surface area (Å²) in [4.78, 5) is 0. The van der Waals surface area contributed by atoms with Crippen molar-refractivity contribution in [1.29, 1.82) is 0 Å². The zero-order chi connectivity index (χ0) is 6.69. The van der Waals surface area contributed by atoms with Crippen LogP contribution in [-0.2, 0) is 10.8 Å². The molecule has 0 saturated carbocycles. The van der Waals surface area contributed by atoms with E-state index in [1.807, 2.05) is 0 Å². The lowest BCUT2D eigenvalue weighted by Gasteiger charge is -1.86. The van der Waals surface area contributed by atoms with Crippen molar-refractivity contribution in [3.63, 3.8) is 0 Å². The minimum atomic E-state index is -1.21. The normalized spacial score (nSPS) is 13.4. The van der Waals surface area contributed by atoms with E-state index in [9.17, 15) is 4.21 Å². The third kappa shape index (κ3) is 1.36. The summed E-state index contributed by atoms with van der Waals surface area (Å²) in [6.45, 7) is 0. The van der Waals surface area contributed by atoms with Crippen LogP contribution in [0.4, 0.5) is 0 Å². The zero-order valence-electron chi connectivity index (χ0n) is 4.61. The SMILES string of the molecule is NCS(=O)c1ccno1. The first-order valence-electron chi connectivity index (χ1n) is 2.33. The summed E-state index contributed by atoms with van der Waals surface area (Å²) in [5.41, 5.74) is 5.08. The highest BCUT2D eigenvalue weighted by atomic mass is 32.2. The van der Waals surface area contributed by atoms with Gasteiger partial charge in [0.25, 0.3) is 0 Å². The Bertz CT molecular complexity index is 196. The van der Waals surface area contributed by atoms with Gasteiger partial charge in [0, 0.05) is 6.07 Å². The lowest BCUT2D eigenvalue weighted by Crippen LogP contribution is -2.06. The third-order valence-electron chi connectivity index (χ3n) is 0.790. The molecule has 1 atom stereocenters. The second kappa shape index (κ2) is 2.75. The summed E-state index contributed by atoms with van der Waals surface area (Å²) in [6, 6.07) is 1.53. The maximum atomic E-state index is 10.7. The van der Waals surface area contributed by atoms with Crippen LogP contribution in [0.25, 0.3) is 0 Å². The molecule has 1 unspecified atom stereocenters. The summed E-state index contributed by atoms with van der Waals surface area (Å²) < 4.78 is 15.3. The van der Waals surface area contributed by atoms with Crippen LogP contribution in [0.2, 0.25) is 0 Å². The molecule has 9 heavy (non-hydrogen) atoms. The number of nitrogens with zero attached hydrogens (tertiary/aromatic N) is 1. The Morgan fingerprint density at radius 2 is 2.67 bits per heavy atom. The van der Waals surface area contributed by atoms with Crippen molar-refractivity contribution in [3.8, 4) is 0 Å². The molecule has 1 aromatic rings. The van der Waals surface area contributed by atoms with Crippen LogP contribution in [0.15, 0.2) is 21.9 Å². The van der Waals surface area contributed by atoms with Crippen LogP contribution in [0.3, 0.4) is 0 Å². The van der Waals surface area contributed by atoms with Gasteiger partial charge < -0.3 is 10.3 Å². The van der Waals surface area contributed by atoms with E-state index in [0.29, 0.717) is 5.09 Å². The minimum Gasteiger partial charge on any atom is -0.347 e. The minimum absolute atomic E-state index is 0.0786. The van der Waals surface area contributed by atoms with Crippen LogP contribution in [0.1, 0.15) is 0 Å². The molecule has 0 amide bonds. The van der Waals surface area contributed by atoms with E-state index < -0.39 is 10.8 Å². The topological polar surface area (TPSA) is 69.1 Å². The summed E-state index contributed by atoms with van der Waals surface area (Å²) in [5.74, 6) is 0.0786. The molecule has 5 heteroatoms. The molecule has 0 bridgehead atoms. The van der Waals surface area contributed by atoms with Crippen molar-refractivity contribution in [3.05, 3.63) is 12.3 Å². The highest BCUT2D eigenvalue weighted by molar-refractivity contribution is 7.84. The van der Waals surface area contributed by atoms with Gasteiger partial charge in [-0.2, -0.15) is 0 Å². The van der Waals surface area contributed by atoms with Crippen LogP contribution in [0.5, 0.6) is 0 Å². The summed E-state index contributed by atoms with van der Waals surface area (Å²) in [6.07, 6.45) is 1.43. The van der Waals surface area contributed by atoms with E-state index in [4.69, 9.17) is 5.73 Å². The number of rotatable bonds is 2. The van der Waals surface area contributed by atoms with E-state index in [2.05, 4.69) is 9.68 Å². The molecule has 1 heterocycles. The second-order valence-corrected chi connectivity index (χ2v) is 2.77. The van der Waals surface area contributed by atoms with Crippen molar-refractivity contribution < 1.29 is 8.73 Å². The van der Waals surface area contributed by atoms with Gasteiger partial charge >= 0.3 is 0 Å². The third-order valence-corrected chi connectivity index (χ3v) is 1.75. The second-order valence-electron chi connectivity index (χ2n) is 1.34. The zero-order valence-corrected chi connectivity index (χ0v) is 5.43. The van der Waals surface area contributed by atoms with Crippen molar-refractivity contribution in [2.24, 2.45) is 5.73 Å². The Hall–Kier alpha value is -0.680. The summed E-state index contributed by atoms with van der Waals surface area (Å²) in [7, 11) is -1.21. The number of nitrogens with two attached hydrogens (primary N) is 1. The van der Waals surface area contributed by atoms with Gasteiger partial charge in [-0.15, -0.1) is 0 Å². The van der Waals surface area contributed by atoms with Crippen LogP contribution in [0, 0.1) is 0 Å². The van der Waals surface area contributed by atoms with Crippen LogP contribution >= 0.6 is 0 Å². The highest BCUT2D eigenvalue weighted by Gasteiger charge is 2.02. The molecular weight excluding hydrogens is 140 g/mol. The fourth-order valence-corrected chi connectivity index (χ4v) is 0.907. The van der Waals surface area contributed by atoms with Gasteiger partial charge in [-0.3, -0.25) is 0 Å². The monoisotopic (exact) mass is 146 g/mol. The number of hydrogen-bond acceptors (Lipinski definition) is 4. The Kier molecular flexibility index (Phi) is 1.96. The Morgan fingerprint density at radius 3 is 3.11 bits per heavy atom. The molecule has 0 spiro atoms. The molecule has 50 valence electrons. The van der Waals surface area contributed by atoms with Crippen LogP contribution in [-0.4, -0.2) is 15.2 Å². The molecule has 0 aliphatic carbocycles. The quantitative estimate of drug-likeness (QED) is 0.621. The Balaban J connectivity index is 2.77. The van der Waals surface area contributed by atoms with E-state index in [1.165, 1.54) is 12.3 Å². The standard InChI is InChI=1S/C4H6N2O2S/c5-3-9(7)4-1-2-6-8-4/h1-2H,3,5H2. The van der Waals surface area contributed by atoms with Gasteiger partial charge in [0.2, 0.25) is 5.09 Å². The molecule has 0 fully saturated rings. The first-order chi connectivity index (χ1) is 4.34. The molecule has 0 radical (unpaired) electrons. The smallest absolute Gasteiger partial charge is 0.224 e. The fourth-order valence-electron chi connectivity index (χ4n) is 0.404. The van der Waals surface area contributed by atoms with E-state index >= 15 is 0 Å².